The Bertz CT molecular complexity index is 434. The molecule has 3 N–H and O–H groups in total. The van der Waals surface area contributed by atoms with Crippen molar-refractivity contribution in [3.05, 3.63) is 0 Å². The number of aliphatic imine (C=N–C) groups is 1. The van der Waals surface area contributed by atoms with Gasteiger partial charge in [-0.1, -0.05) is 6.92 Å². The normalized spacial score (nSPS) is 19.1. The number of rotatable bonds is 8. The molecule has 1 fully saturated rings. The van der Waals surface area contributed by atoms with Crippen molar-refractivity contribution in [2.75, 3.05) is 45.8 Å². The van der Waals surface area contributed by atoms with Gasteiger partial charge in [-0.3, -0.25) is 4.99 Å². The van der Waals surface area contributed by atoms with Gasteiger partial charge in [0.15, 0.2) is 5.96 Å². The largest absolute Gasteiger partial charge is 0.444 e. The van der Waals surface area contributed by atoms with E-state index in [-0.39, 0.29) is 6.09 Å². The zero-order chi connectivity index (χ0) is 19.4. The van der Waals surface area contributed by atoms with Crippen LogP contribution in [0.3, 0.4) is 0 Å². The monoisotopic (exact) mass is 369 g/mol. The number of guanidine groups is 1. The number of likely N-dealkylation sites (tertiary alicyclic amines) is 1. The van der Waals surface area contributed by atoms with Crippen LogP contribution in [0.2, 0.25) is 0 Å². The topological polar surface area (TPSA) is 78.0 Å². The zero-order valence-corrected chi connectivity index (χ0v) is 17.4. The first-order valence-electron chi connectivity index (χ1n) is 10.1. The Labute approximate surface area is 159 Å². The van der Waals surface area contributed by atoms with Crippen LogP contribution in [0.4, 0.5) is 4.79 Å². The molecule has 1 rings (SSSR count). The molecule has 26 heavy (non-hydrogen) atoms. The van der Waals surface area contributed by atoms with E-state index in [0.717, 1.165) is 45.1 Å². The molecule has 0 spiro atoms. The Kier molecular flexibility index (Phi) is 10.4. The third kappa shape index (κ3) is 10.5. The van der Waals surface area contributed by atoms with E-state index in [1.165, 1.54) is 19.4 Å². The van der Waals surface area contributed by atoms with Crippen molar-refractivity contribution >= 4 is 12.1 Å². The summed E-state index contributed by atoms with van der Waals surface area (Å²) in [5.41, 5.74) is -0.459. The minimum Gasteiger partial charge on any atom is -0.444 e. The Morgan fingerprint density at radius 2 is 1.92 bits per heavy atom. The fraction of sp³-hybridized carbons (Fsp3) is 0.895. The molecule has 0 aliphatic carbocycles. The highest BCUT2D eigenvalue weighted by atomic mass is 16.6. The van der Waals surface area contributed by atoms with Crippen LogP contribution in [0.25, 0.3) is 0 Å². The first-order chi connectivity index (χ1) is 12.3. The van der Waals surface area contributed by atoms with E-state index in [1.54, 1.807) is 0 Å². The van der Waals surface area contributed by atoms with Crippen molar-refractivity contribution in [3.63, 3.8) is 0 Å². The van der Waals surface area contributed by atoms with Crippen LogP contribution < -0.4 is 16.0 Å². The second-order valence-corrected chi connectivity index (χ2v) is 7.83. The lowest BCUT2D eigenvalue weighted by molar-refractivity contribution is 0.0527. The Hall–Kier alpha value is -1.50. The third-order valence-corrected chi connectivity index (χ3v) is 4.22. The van der Waals surface area contributed by atoms with Gasteiger partial charge in [-0.2, -0.15) is 0 Å². The van der Waals surface area contributed by atoms with Gasteiger partial charge in [-0.05, 0) is 66.0 Å². The van der Waals surface area contributed by atoms with Crippen LogP contribution in [-0.2, 0) is 4.74 Å². The first-order valence-corrected chi connectivity index (χ1v) is 10.1. The number of piperidine rings is 1. The van der Waals surface area contributed by atoms with Crippen LogP contribution in [0, 0.1) is 5.92 Å². The fourth-order valence-corrected chi connectivity index (χ4v) is 2.95. The maximum absolute atomic E-state index is 11.6. The molecule has 0 aromatic heterocycles. The lowest BCUT2D eigenvalue weighted by Crippen LogP contribution is -2.40. The van der Waals surface area contributed by atoms with Gasteiger partial charge in [0, 0.05) is 32.7 Å². The van der Waals surface area contributed by atoms with Crippen LogP contribution >= 0.6 is 0 Å². The molecule has 0 aromatic carbocycles. The van der Waals surface area contributed by atoms with E-state index in [1.807, 2.05) is 20.8 Å². The Morgan fingerprint density at radius 3 is 2.58 bits per heavy atom. The van der Waals surface area contributed by atoms with Gasteiger partial charge >= 0.3 is 6.09 Å². The highest BCUT2D eigenvalue weighted by molar-refractivity contribution is 5.79. The van der Waals surface area contributed by atoms with Crippen LogP contribution in [0.1, 0.15) is 53.9 Å². The number of amides is 1. The van der Waals surface area contributed by atoms with E-state index in [0.29, 0.717) is 12.5 Å². The van der Waals surface area contributed by atoms with Crippen molar-refractivity contribution in [2.45, 2.75) is 59.5 Å². The van der Waals surface area contributed by atoms with Crippen molar-refractivity contribution in [3.8, 4) is 0 Å². The summed E-state index contributed by atoms with van der Waals surface area (Å²) in [6.07, 6.45) is 2.99. The average molecular weight is 370 g/mol. The number of carbonyl (C=O) groups is 1. The van der Waals surface area contributed by atoms with Crippen molar-refractivity contribution < 1.29 is 9.53 Å². The summed E-state index contributed by atoms with van der Waals surface area (Å²) in [6.45, 7) is 16.4. The number of ether oxygens (including phenoxy) is 1. The SMILES string of the molecule is CCNC(=NCC1CCCN(CC)C1)NCCCNC(=O)OC(C)(C)C. The van der Waals surface area contributed by atoms with Crippen LogP contribution in [0.15, 0.2) is 4.99 Å². The summed E-state index contributed by atoms with van der Waals surface area (Å²) >= 11 is 0. The van der Waals surface area contributed by atoms with E-state index in [2.05, 4.69) is 34.7 Å². The Balaban J connectivity index is 2.26. The summed E-state index contributed by atoms with van der Waals surface area (Å²) < 4.78 is 5.22. The minimum atomic E-state index is -0.459. The van der Waals surface area contributed by atoms with Gasteiger partial charge in [-0.15, -0.1) is 0 Å². The molecule has 0 radical (unpaired) electrons. The summed E-state index contributed by atoms with van der Waals surface area (Å²) in [4.78, 5) is 18.8. The number of hydrogen-bond acceptors (Lipinski definition) is 4. The zero-order valence-electron chi connectivity index (χ0n) is 17.4. The van der Waals surface area contributed by atoms with E-state index >= 15 is 0 Å². The fourth-order valence-electron chi connectivity index (χ4n) is 2.95. The van der Waals surface area contributed by atoms with E-state index < -0.39 is 5.60 Å². The van der Waals surface area contributed by atoms with Crippen molar-refractivity contribution in [2.24, 2.45) is 10.9 Å². The number of nitrogens with one attached hydrogen (secondary N) is 3. The van der Waals surface area contributed by atoms with Gasteiger partial charge in [0.05, 0.1) is 0 Å². The molecule has 1 atom stereocenters. The molecule has 152 valence electrons. The molecular formula is C19H39N5O2. The molecule has 0 bridgehead atoms. The van der Waals surface area contributed by atoms with Crippen molar-refractivity contribution in [1.82, 2.24) is 20.9 Å². The lowest BCUT2D eigenvalue weighted by Gasteiger charge is -2.31. The minimum absolute atomic E-state index is 0.365. The number of hydrogen-bond donors (Lipinski definition) is 3. The van der Waals surface area contributed by atoms with E-state index in [4.69, 9.17) is 9.73 Å². The molecule has 1 unspecified atom stereocenters. The summed E-state index contributed by atoms with van der Waals surface area (Å²) in [6, 6.07) is 0. The van der Waals surface area contributed by atoms with Crippen LogP contribution in [0.5, 0.6) is 0 Å². The number of nitrogens with zero attached hydrogens (tertiary/aromatic N) is 2. The summed E-state index contributed by atoms with van der Waals surface area (Å²) in [7, 11) is 0. The van der Waals surface area contributed by atoms with Gasteiger partial charge in [0.2, 0.25) is 0 Å². The molecule has 1 heterocycles. The second-order valence-electron chi connectivity index (χ2n) is 7.83. The molecule has 1 aliphatic rings. The molecule has 0 saturated carbocycles. The maximum Gasteiger partial charge on any atom is 0.407 e. The molecule has 1 saturated heterocycles. The quantitative estimate of drug-likeness (QED) is 0.347. The average Bonchev–Trinajstić information content (AvgIpc) is 2.58. The van der Waals surface area contributed by atoms with Gasteiger partial charge in [0.25, 0.3) is 0 Å². The lowest BCUT2D eigenvalue weighted by atomic mass is 9.98. The van der Waals surface area contributed by atoms with Gasteiger partial charge in [-0.25, -0.2) is 4.79 Å². The molecule has 1 aliphatic heterocycles. The number of alkyl carbamates (subject to hydrolysis) is 1. The third-order valence-electron chi connectivity index (χ3n) is 4.22. The standard InChI is InChI=1S/C19H39N5O2/c1-6-20-17(23-14-16-10-8-13-24(7-2)15-16)21-11-9-12-22-18(25)26-19(3,4)5/h16H,6-15H2,1-5H3,(H,22,25)(H2,20,21,23). The predicted octanol–water partition coefficient (Wildman–Crippen LogP) is 2.19. The molecule has 7 heteroatoms. The second kappa shape index (κ2) is 12.0. The predicted molar refractivity (Wildman–Crippen MR) is 108 cm³/mol. The molecule has 0 aromatic rings. The molecular weight excluding hydrogens is 330 g/mol. The Morgan fingerprint density at radius 1 is 1.19 bits per heavy atom. The maximum atomic E-state index is 11.6. The highest BCUT2D eigenvalue weighted by Crippen LogP contribution is 2.16. The highest BCUT2D eigenvalue weighted by Gasteiger charge is 2.18. The summed E-state index contributed by atoms with van der Waals surface area (Å²) in [5, 5.41) is 9.40. The first kappa shape index (κ1) is 22.5. The van der Waals surface area contributed by atoms with Gasteiger partial charge < -0.3 is 25.6 Å². The summed E-state index contributed by atoms with van der Waals surface area (Å²) in [5.74, 6) is 1.51. The van der Waals surface area contributed by atoms with E-state index in [9.17, 15) is 4.79 Å². The van der Waals surface area contributed by atoms with Gasteiger partial charge in [0.1, 0.15) is 5.60 Å². The molecule has 1 amide bonds. The molecule has 7 nitrogen and oxygen atoms in total. The van der Waals surface area contributed by atoms with Crippen molar-refractivity contribution in [1.29, 1.82) is 0 Å². The number of carbonyl (C=O) groups excluding carboxylic acids is 1. The smallest absolute Gasteiger partial charge is 0.407 e. The van der Waals surface area contributed by atoms with Crippen LogP contribution in [-0.4, -0.2) is 68.4 Å².